The Labute approximate surface area is 123 Å². The Morgan fingerprint density at radius 2 is 2.15 bits per heavy atom. The number of rotatable bonds is 6. The molecule has 0 radical (unpaired) electrons. The number of hydrogen-bond acceptors (Lipinski definition) is 3. The molecule has 1 aromatic carbocycles. The molecule has 0 atom stereocenters. The molecule has 2 rings (SSSR count). The van der Waals surface area contributed by atoms with Crippen LogP contribution >= 0.6 is 11.6 Å². The van der Waals surface area contributed by atoms with Gasteiger partial charge in [-0.2, -0.15) is 0 Å². The topological polar surface area (TPSA) is 34.1 Å². The number of aromatic nitrogens is 1. The molecule has 0 amide bonds. The number of ether oxygens (including phenoxy) is 1. The minimum Gasteiger partial charge on any atom is -0.383 e. The van der Waals surface area contributed by atoms with Crippen molar-refractivity contribution in [3.63, 3.8) is 0 Å². The third kappa shape index (κ3) is 3.58. The highest BCUT2D eigenvalue weighted by atomic mass is 35.5. The fourth-order valence-corrected chi connectivity index (χ4v) is 2.11. The second kappa shape index (κ2) is 6.86. The summed E-state index contributed by atoms with van der Waals surface area (Å²) < 4.78 is 19.7. The second-order valence-corrected chi connectivity index (χ2v) is 5.22. The van der Waals surface area contributed by atoms with E-state index in [4.69, 9.17) is 16.3 Å². The zero-order valence-electron chi connectivity index (χ0n) is 11.6. The van der Waals surface area contributed by atoms with Gasteiger partial charge < -0.3 is 10.1 Å². The fraction of sp³-hybridized carbons (Fsp3) is 0.400. The van der Waals surface area contributed by atoms with Crippen LogP contribution in [0.25, 0.3) is 10.9 Å². The van der Waals surface area contributed by atoms with Crippen molar-refractivity contribution in [2.24, 2.45) is 0 Å². The Morgan fingerprint density at radius 3 is 2.90 bits per heavy atom. The first kappa shape index (κ1) is 15.0. The number of benzene rings is 1. The third-order valence-corrected chi connectivity index (χ3v) is 3.22. The van der Waals surface area contributed by atoms with E-state index < -0.39 is 0 Å². The SMILES string of the molecule is CC(C)OCCCNc1ccc2c(Cl)ccnc2c1F. The molecular formula is C15H18ClFN2O. The van der Waals surface area contributed by atoms with E-state index in [1.54, 1.807) is 18.2 Å². The number of nitrogens with one attached hydrogen (secondary N) is 1. The molecule has 0 spiro atoms. The lowest BCUT2D eigenvalue weighted by Crippen LogP contribution is -2.10. The molecule has 2 aromatic rings. The predicted octanol–water partition coefficient (Wildman–Crippen LogP) is 4.25. The van der Waals surface area contributed by atoms with E-state index in [9.17, 15) is 4.39 Å². The van der Waals surface area contributed by atoms with Crippen molar-refractivity contribution in [3.8, 4) is 0 Å². The van der Waals surface area contributed by atoms with Crippen LogP contribution in [0, 0.1) is 5.82 Å². The van der Waals surface area contributed by atoms with Crippen molar-refractivity contribution in [1.29, 1.82) is 0 Å². The minimum absolute atomic E-state index is 0.221. The molecule has 108 valence electrons. The van der Waals surface area contributed by atoms with Crippen molar-refractivity contribution >= 4 is 28.2 Å². The molecule has 1 heterocycles. The van der Waals surface area contributed by atoms with E-state index in [2.05, 4.69) is 10.3 Å². The van der Waals surface area contributed by atoms with Crippen LogP contribution < -0.4 is 5.32 Å². The van der Waals surface area contributed by atoms with Gasteiger partial charge in [0.15, 0.2) is 5.82 Å². The first-order valence-electron chi connectivity index (χ1n) is 6.68. The minimum atomic E-state index is -0.366. The maximum absolute atomic E-state index is 14.3. The van der Waals surface area contributed by atoms with Crippen LogP contribution in [0.4, 0.5) is 10.1 Å². The molecule has 0 saturated heterocycles. The maximum atomic E-state index is 14.3. The van der Waals surface area contributed by atoms with E-state index in [1.165, 1.54) is 6.20 Å². The van der Waals surface area contributed by atoms with Gasteiger partial charge >= 0.3 is 0 Å². The number of pyridine rings is 1. The summed E-state index contributed by atoms with van der Waals surface area (Å²) in [6.07, 6.45) is 2.55. The van der Waals surface area contributed by atoms with Gasteiger partial charge in [0.25, 0.3) is 0 Å². The van der Waals surface area contributed by atoms with Crippen molar-refractivity contribution in [2.45, 2.75) is 26.4 Å². The largest absolute Gasteiger partial charge is 0.383 e. The Morgan fingerprint density at radius 1 is 1.35 bits per heavy atom. The summed E-state index contributed by atoms with van der Waals surface area (Å²) in [4.78, 5) is 4.05. The van der Waals surface area contributed by atoms with Crippen molar-refractivity contribution in [3.05, 3.63) is 35.2 Å². The number of hydrogen-bond donors (Lipinski definition) is 1. The second-order valence-electron chi connectivity index (χ2n) is 4.82. The fourth-order valence-electron chi connectivity index (χ4n) is 1.90. The van der Waals surface area contributed by atoms with Crippen LogP contribution in [0.2, 0.25) is 5.02 Å². The predicted molar refractivity (Wildman–Crippen MR) is 80.9 cm³/mol. The molecule has 0 aliphatic carbocycles. The van der Waals surface area contributed by atoms with E-state index in [-0.39, 0.29) is 11.9 Å². The zero-order valence-corrected chi connectivity index (χ0v) is 12.4. The van der Waals surface area contributed by atoms with E-state index in [1.807, 2.05) is 13.8 Å². The normalized spacial score (nSPS) is 11.2. The number of anilines is 1. The summed E-state index contributed by atoms with van der Waals surface area (Å²) in [7, 11) is 0. The summed E-state index contributed by atoms with van der Waals surface area (Å²) in [5.74, 6) is -0.366. The monoisotopic (exact) mass is 296 g/mol. The van der Waals surface area contributed by atoms with Gasteiger partial charge in [-0.05, 0) is 38.5 Å². The Balaban J connectivity index is 2.02. The number of nitrogens with zero attached hydrogens (tertiary/aromatic N) is 1. The van der Waals surface area contributed by atoms with Gasteiger partial charge in [-0.25, -0.2) is 4.39 Å². The van der Waals surface area contributed by atoms with Gasteiger partial charge in [0.05, 0.1) is 16.8 Å². The average Bonchev–Trinajstić information content (AvgIpc) is 2.41. The van der Waals surface area contributed by atoms with Gasteiger partial charge in [0, 0.05) is 24.7 Å². The van der Waals surface area contributed by atoms with Crippen molar-refractivity contribution in [2.75, 3.05) is 18.5 Å². The van der Waals surface area contributed by atoms with Gasteiger partial charge in [-0.1, -0.05) is 11.6 Å². The van der Waals surface area contributed by atoms with E-state index >= 15 is 0 Å². The molecule has 0 bridgehead atoms. The van der Waals surface area contributed by atoms with Crippen LogP contribution in [0.3, 0.4) is 0 Å². The molecule has 1 N–H and O–H groups in total. The number of fused-ring (bicyclic) bond motifs is 1. The third-order valence-electron chi connectivity index (χ3n) is 2.89. The summed E-state index contributed by atoms with van der Waals surface area (Å²) in [6.45, 7) is 5.29. The highest BCUT2D eigenvalue weighted by Gasteiger charge is 2.10. The lowest BCUT2D eigenvalue weighted by molar-refractivity contribution is 0.0787. The van der Waals surface area contributed by atoms with Crippen LogP contribution in [0.5, 0.6) is 0 Å². The lowest BCUT2D eigenvalue weighted by Gasteiger charge is -2.11. The molecule has 0 fully saturated rings. The van der Waals surface area contributed by atoms with Gasteiger partial charge in [-0.15, -0.1) is 0 Å². The van der Waals surface area contributed by atoms with Crippen LogP contribution in [0.15, 0.2) is 24.4 Å². The molecule has 1 aromatic heterocycles. The van der Waals surface area contributed by atoms with Gasteiger partial charge in [-0.3, -0.25) is 4.98 Å². The molecule has 0 saturated carbocycles. The molecule has 3 nitrogen and oxygen atoms in total. The summed E-state index contributed by atoms with van der Waals surface area (Å²) in [6, 6.07) is 5.12. The molecular weight excluding hydrogens is 279 g/mol. The molecule has 5 heteroatoms. The maximum Gasteiger partial charge on any atom is 0.172 e. The quantitative estimate of drug-likeness (QED) is 0.809. The molecule has 0 unspecified atom stereocenters. The van der Waals surface area contributed by atoms with Crippen molar-refractivity contribution < 1.29 is 9.13 Å². The standard InChI is InChI=1S/C15H18ClFN2O/c1-10(2)20-9-3-7-18-13-5-4-11-12(16)6-8-19-15(11)14(13)17/h4-6,8,10,18H,3,7,9H2,1-2H3. The van der Waals surface area contributed by atoms with Crippen LogP contribution in [-0.2, 0) is 4.74 Å². The molecule has 0 aliphatic rings. The van der Waals surface area contributed by atoms with Gasteiger partial charge in [0.1, 0.15) is 5.52 Å². The van der Waals surface area contributed by atoms with Crippen molar-refractivity contribution in [1.82, 2.24) is 4.98 Å². The highest BCUT2D eigenvalue weighted by Crippen LogP contribution is 2.27. The smallest absolute Gasteiger partial charge is 0.172 e. The average molecular weight is 297 g/mol. The highest BCUT2D eigenvalue weighted by molar-refractivity contribution is 6.35. The number of halogens is 2. The van der Waals surface area contributed by atoms with Crippen LogP contribution in [0.1, 0.15) is 20.3 Å². The Hall–Kier alpha value is -1.39. The van der Waals surface area contributed by atoms with E-state index in [0.29, 0.717) is 34.8 Å². The molecule has 0 aliphatic heterocycles. The van der Waals surface area contributed by atoms with Crippen LogP contribution in [-0.4, -0.2) is 24.2 Å². The Bertz CT molecular complexity index is 589. The first-order valence-corrected chi connectivity index (χ1v) is 7.05. The van der Waals surface area contributed by atoms with Gasteiger partial charge in [0.2, 0.25) is 0 Å². The summed E-state index contributed by atoms with van der Waals surface area (Å²) in [5.41, 5.74) is 0.734. The first-order chi connectivity index (χ1) is 9.59. The van der Waals surface area contributed by atoms with E-state index in [0.717, 1.165) is 6.42 Å². The molecule has 20 heavy (non-hydrogen) atoms. The zero-order chi connectivity index (χ0) is 14.5. The summed E-state index contributed by atoms with van der Waals surface area (Å²) >= 11 is 6.01. The lowest BCUT2D eigenvalue weighted by atomic mass is 10.2. The Kier molecular flexibility index (Phi) is 5.15. The summed E-state index contributed by atoms with van der Waals surface area (Å²) in [5, 5.41) is 4.19.